The number of piperidine rings is 2. The number of hydrogen-bond donors (Lipinski definition) is 1. The number of carbonyl (C=O) groups is 1. The average molecular weight is 559 g/mol. The lowest BCUT2D eigenvalue weighted by atomic mass is 9.93. The number of para-hydroxylation sites is 2. The molecule has 0 aliphatic carbocycles. The first-order valence-corrected chi connectivity index (χ1v) is 12.9. The molecule has 3 aromatic rings. The number of nitrogens with one attached hydrogen (secondary N) is 1. The molecule has 0 bridgehead atoms. The van der Waals surface area contributed by atoms with Crippen LogP contribution in [0.1, 0.15) is 42.9 Å². The molecule has 0 spiro atoms. The van der Waals surface area contributed by atoms with Gasteiger partial charge in [0.1, 0.15) is 0 Å². The summed E-state index contributed by atoms with van der Waals surface area (Å²) >= 11 is 2.36. The molecule has 0 unspecified atom stereocenters. The molecule has 1 amide bonds. The van der Waals surface area contributed by atoms with Crippen LogP contribution in [0.5, 0.6) is 0 Å². The average Bonchev–Trinajstić information content (AvgIpc) is 3.17. The van der Waals surface area contributed by atoms with E-state index >= 15 is 0 Å². The third-order valence-electron chi connectivity index (χ3n) is 7.30. The van der Waals surface area contributed by atoms with E-state index in [9.17, 15) is 9.59 Å². The van der Waals surface area contributed by atoms with Crippen LogP contribution in [-0.4, -0.2) is 56.4 Å². The van der Waals surface area contributed by atoms with E-state index in [0.717, 1.165) is 69.4 Å². The topological polar surface area (TPSA) is 74.2 Å². The Bertz CT molecular complexity index is 1180. The van der Waals surface area contributed by atoms with Gasteiger partial charge in [-0.2, -0.15) is 0 Å². The Kier molecular flexibility index (Phi) is 6.56. The van der Waals surface area contributed by atoms with Crippen molar-refractivity contribution in [3.05, 3.63) is 61.8 Å². The molecule has 0 saturated carbocycles. The molecule has 174 valence electrons. The number of pyridine rings is 1. The first kappa shape index (κ1) is 22.6. The highest BCUT2D eigenvalue weighted by molar-refractivity contribution is 14.1. The smallest absolute Gasteiger partial charge is 0.326 e. The van der Waals surface area contributed by atoms with E-state index in [1.54, 1.807) is 0 Å². The lowest BCUT2D eigenvalue weighted by Gasteiger charge is -2.37. The molecular formula is C25H30IN5O2. The van der Waals surface area contributed by atoms with Crippen molar-refractivity contribution in [3.8, 4) is 0 Å². The molecule has 33 heavy (non-hydrogen) atoms. The van der Waals surface area contributed by atoms with Crippen molar-refractivity contribution < 1.29 is 4.79 Å². The predicted molar refractivity (Wildman–Crippen MR) is 137 cm³/mol. The van der Waals surface area contributed by atoms with E-state index < -0.39 is 0 Å². The van der Waals surface area contributed by atoms with Crippen molar-refractivity contribution in [1.82, 2.24) is 24.3 Å². The van der Waals surface area contributed by atoms with Gasteiger partial charge < -0.3 is 9.88 Å². The van der Waals surface area contributed by atoms with E-state index in [1.165, 1.54) is 14.7 Å². The van der Waals surface area contributed by atoms with Crippen LogP contribution in [0.25, 0.3) is 11.0 Å². The summed E-state index contributed by atoms with van der Waals surface area (Å²) in [6.45, 7) is 6.41. The predicted octanol–water partition coefficient (Wildman–Crippen LogP) is 3.71. The number of benzene rings is 1. The fraction of sp³-hybridized carbons (Fsp3) is 0.480. The van der Waals surface area contributed by atoms with Gasteiger partial charge in [-0.05, 0) is 91.5 Å². The van der Waals surface area contributed by atoms with Crippen LogP contribution >= 0.6 is 22.6 Å². The van der Waals surface area contributed by atoms with Gasteiger partial charge in [0.2, 0.25) is 5.91 Å². The van der Waals surface area contributed by atoms with E-state index in [2.05, 4.69) is 44.4 Å². The molecule has 7 nitrogen and oxygen atoms in total. The summed E-state index contributed by atoms with van der Waals surface area (Å²) in [7, 11) is 0. The lowest BCUT2D eigenvalue weighted by molar-refractivity contribution is -0.138. The molecule has 2 aromatic heterocycles. The van der Waals surface area contributed by atoms with Gasteiger partial charge in [-0.15, -0.1) is 0 Å². The van der Waals surface area contributed by atoms with E-state index in [0.29, 0.717) is 5.91 Å². The monoisotopic (exact) mass is 559 g/mol. The summed E-state index contributed by atoms with van der Waals surface area (Å²) < 4.78 is 3.10. The number of carbonyl (C=O) groups excluding carboxylic acids is 1. The van der Waals surface area contributed by atoms with Crippen molar-refractivity contribution in [2.24, 2.45) is 5.92 Å². The number of imidazole rings is 1. The number of aromatic nitrogens is 3. The van der Waals surface area contributed by atoms with E-state index in [4.69, 9.17) is 0 Å². The normalized spacial score (nSPS) is 18.8. The first-order valence-electron chi connectivity index (χ1n) is 11.8. The van der Waals surface area contributed by atoms with E-state index in [-0.39, 0.29) is 17.6 Å². The molecule has 1 N–H and O–H groups in total. The molecule has 2 fully saturated rings. The van der Waals surface area contributed by atoms with Gasteiger partial charge in [-0.25, -0.2) is 4.79 Å². The quantitative estimate of drug-likeness (QED) is 0.495. The largest absolute Gasteiger partial charge is 0.342 e. The molecule has 0 atom stereocenters. The van der Waals surface area contributed by atoms with Gasteiger partial charge in [0.05, 0.1) is 11.0 Å². The summed E-state index contributed by atoms with van der Waals surface area (Å²) in [6.07, 6.45) is 7.34. The Morgan fingerprint density at radius 2 is 1.82 bits per heavy atom. The Hall–Kier alpha value is -2.20. The van der Waals surface area contributed by atoms with Crippen LogP contribution in [0.4, 0.5) is 0 Å². The van der Waals surface area contributed by atoms with Crippen molar-refractivity contribution in [1.29, 1.82) is 0 Å². The van der Waals surface area contributed by atoms with Gasteiger partial charge in [0.25, 0.3) is 0 Å². The second-order valence-corrected chi connectivity index (χ2v) is 10.5. The maximum atomic E-state index is 13.2. The maximum absolute atomic E-state index is 13.2. The zero-order valence-corrected chi connectivity index (χ0v) is 21.1. The zero-order valence-electron chi connectivity index (χ0n) is 19.0. The molecule has 2 saturated heterocycles. The Labute approximate surface area is 207 Å². The van der Waals surface area contributed by atoms with Gasteiger partial charge in [0.15, 0.2) is 0 Å². The third kappa shape index (κ3) is 4.59. The van der Waals surface area contributed by atoms with Crippen molar-refractivity contribution in [3.63, 3.8) is 0 Å². The lowest BCUT2D eigenvalue weighted by Crippen LogP contribution is -2.46. The highest BCUT2D eigenvalue weighted by atomic mass is 127. The van der Waals surface area contributed by atoms with Gasteiger partial charge in [0, 0.05) is 47.6 Å². The zero-order chi connectivity index (χ0) is 22.9. The SMILES string of the molecule is Cc1cncc(I)c1CN1CCC(C(=O)N2CCC(n3c(=O)[nH]c4ccccc43)CC2)CC1. The summed E-state index contributed by atoms with van der Waals surface area (Å²) in [5.74, 6) is 0.417. The second kappa shape index (κ2) is 9.58. The summed E-state index contributed by atoms with van der Waals surface area (Å²) in [6, 6.07) is 7.98. The maximum Gasteiger partial charge on any atom is 0.326 e. The van der Waals surface area contributed by atoms with Crippen LogP contribution in [0, 0.1) is 16.4 Å². The molecule has 2 aliphatic heterocycles. The van der Waals surface area contributed by atoms with Gasteiger partial charge in [-0.1, -0.05) is 12.1 Å². The van der Waals surface area contributed by atoms with Crippen molar-refractivity contribution in [2.75, 3.05) is 26.2 Å². The molecule has 2 aliphatic rings. The third-order valence-corrected chi connectivity index (χ3v) is 8.23. The molecule has 8 heteroatoms. The van der Waals surface area contributed by atoms with Gasteiger partial charge in [-0.3, -0.25) is 19.2 Å². The molecule has 4 heterocycles. The number of nitrogens with zero attached hydrogens (tertiary/aromatic N) is 4. The fourth-order valence-corrected chi connectivity index (χ4v) is 6.12. The van der Waals surface area contributed by atoms with Crippen molar-refractivity contribution in [2.45, 2.75) is 45.2 Å². The van der Waals surface area contributed by atoms with E-state index in [1.807, 2.05) is 46.1 Å². The Morgan fingerprint density at radius 1 is 1.09 bits per heavy atom. The number of halogens is 1. The summed E-state index contributed by atoms with van der Waals surface area (Å²) in [5.41, 5.74) is 4.37. The number of hydrogen-bond acceptors (Lipinski definition) is 4. The molecular weight excluding hydrogens is 529 g/mol. The number of fused-ring (bicyclic) bond motifs is 1. The minimum Gasteiger partial charge on any atom is -0.342 e. The van der Waals surface area contributed by atoms with Crippen LogP contribution in [-0.2, 0) is 11.3 Å². The van der Waals surface area contributed by atoms with Crippen LogP contribution in [0.2, 0.25) is 0 Å². The standard InChI is InChI=1S/C25H30IN5O2/c1-17-14-27-15-21(26)20(17)16-29-10-6-18(7-11-29)24(32)30-12-8-19(9-13-30)31-23-5-3-2-4-22(23)28-25(31)33/h2-5,14-15,18-19H,6-13,16H2,1H3,(H,28,33). The first-order chi connectivity index (χ1) is 16.0. The number of rotatable bonds is 4. The Morgan fingerprint density at radius 3 is 2.55 bits per heavy atom. The van der Waals surface area contributed by atoms with Crippen molar-refractivity contribution >= 4 is 39.5 Å². The highest BCUT2D eigenvalue weighted by Gasteiger charge is 2.32. The summed E-state index contributed by atoms with van der Waals surface area (Å²) in [5, 5.41) is 0. The number of H-pyrrole nitrogens is 1. The number of amides is 1. The minimum absolute atomic E-state index is 0.0487. The van der Waals surface area contributed by atoms with Gasteiger partial charge >= 0.3 is 5.69 Å². The fourth-order valence-electron chi connectivity index (χ4n) is 5.36. The molecule has 5 rings (SSSR count). The van der Waals surface area contributed by atoms with Crippen LogP contribution < -0.4 is 5.69 Å². The number of aromatic amines is 1. The number of likely N-dealkylation sites (tertiary alicyclic amines) is 2. The number of aryl methyl sites for hydroxylation is 1. The highest BCUT2D eigenvalue weighted by Crippen LogP contribution is 2.28. The van der Waals surface area contributed by atoms with Crippen LogP contribution in [0.3, 0.4) is 0 Å². The molecule has 0 radical (unpaired) electrons. The molecule has 1 aromatic carbocycles. The van der Waals surface area contributed by atoms with Crippen LogP contribution in [0.15, 0.2) is 41.5 Å². The minimum atomic E-state index is -0.0487. The summed E-state index contributed by atoms with van der Waals surface area (Å²) in [4.78, 5) is 37.5. The Balaban J connectivity index is 1.16. The second-order valence-electron chi connectivity index (χ2n) is 9.34.